The molecule has 0 aliphatic rings. The van der Waals surface area contributed by atoms with Crippen molar-refractivity contribution >= 4 is 35.1 Å². The van der Waals surface area contributed by atoms with Crippen LogP contribution in [0.3, 0.4) is 0 Å². The van der Waals surface area contributed by atoms with Crippen molar-refractivity contribution in [1.29, 1.82) is 0 Å². The molecular formula is C19H16Cl2N4O3. The van der Waals surface area contributed by atoms with Gasteiger partial charge >= 0.3 is 0 Å². The maximum Gasteiger partial charge on any atom is 0.285 e. The number of hydrazone groups is 1. The number of aromatic amines is 1. The number of anilines is 1. The van der Waals surface area contributed by atoms with E-state index in [4.69, 9.17) is 32.7 Å². The lowest BCUT2D eigenvalue weighted by molar-refractivity contribution is 0.284. The Hall–Kier alpha value is -3.03. The zero-order chi connectivity index (χ0) is 19.9. The van der Waals surface area contributed by atoms with Crippen LogP contribution in [0.5, 0.6) is 11.5 Å². The van der Waals surface area contributed by atoms with E-state index in [1.807, 2.05) is 30.3 Å². The zero-order valence-corrected chi connectivity index (χ0v) is 16.3. The molecule has 0 bridgehead atoms. The summed E-state index contributed by atoms with van der Waals surface area (Å²) in [5.74, 6) is 1.16. The highest BCUT2D eigenvalue weighted by atomic mass is 35.5. The Morgan fingerprint density at radius 3 is 2.71 bits per heavy atom. The molecule has 28 heavy (non-hydrogen) atoms. The summed E-state index contributed by atoms with van der Waals surface area (Å²) in [6.07, 6.45) is 2.93. The maximum absolute atomic E-state index is 11.4. The number of hydrogen-bond acceptors (Lipinski definition) is 6. The van der Waals surface area contributed by atoms with Crippen LogP contribution in [0.2, 0.25) is 10.0 Å². The van der Waals surface area contributed by atoms with Crippen LogP contribution >= 0.6 is 23.2 Å². The van der Waals surface area contributed by atoms with Crippen LogP contribution < -0.4 is 20.5 Å². The molecule has 0 saturated carbocycles. The van der Waals surface area contributed by atoms with Gasteiger partial charge in [-0.2, -0.15) is 10.2 Å². The van der Waals surface area contributed by atoms with Crippen LogP contribution in [0.4, 0.5) is 5.69 Å². The molecule has 0 unspecified atom stereocenters. The summed E-state index contributed by atoms with van der Waals surface area (Å²) < 4.78 is 11.2. The van der Waals surface area contributed by atoms with E-state index in [0.29, 0.717) is 28.8 Å². The highest BCUT2D eigenvalue weighted by Gasteiger charge is 2.06. The van der Waals surface area contributed by atoms with Gasteiger partial charge in [0.2, 0.25) is 0 Å². The van der Waals surface area contributed by atoms with Gasteiger partial charge in [-0.15, -0.1) is 0 Å². The van der Waals surface area contributed by atoms with Crippen LogP contribution in [0.1, 0.15) is 11.1 Å². The van der Waals surface area contributed by atoms with Crippen LogP contribution in [0.15, 0.2) is 58.6 Å². The largest absolute Gasteiger partial charge is 0.493 e. The lowest BCUT2D eigenvalue weighted by atomic mass is 10.2. The Kier molecular flexibility index (Phi) is 6.52. The second kappa shape index (κ2) is 9.25. The molecule has 0 radical (unpaired) electrons. The molecule has 2 aromatic carbocycles. The predicted octanol–water partition coefficient (Wildman–Crippen LogP) is 4.11. The monoisotopic (exact) mass is 418 g/mol. The maximum atomic E-state index is 11.4. The first-order chi connectivity index (χ1) is 13.6. The second-order valence-corrected chi connectivity index (χ2v) is 6.44. The van der Waals surface area contributed by atoms with E-state index in [1.54, 1.807) is 25.5 Å². The predicted molar refractivity (Wildman–Crippen MR) is 110 cm³/mol. The molecule has 1 heterocycles. The van der Waals surface area contributed by atoms with Crippen molar-refractivity contribution in [3.63, 3.8) is 0 Å². The Labute approximate surface area is 170 Å². The number of ether oxygens (including phenoxy) is 2. The summed E-state index contributed by atoms with van der Waals surface area (Å²) in [7, 11) is 1.56. The standard InChI is InChI=1S/C19H16Cl2N4O3/c1-27-17-8-13(9-22-24-15-10-23-25-19(26)18(15)21)4-7-16(17)28-11-12-2-5-14(20)6-3-12/h2-10H,11H2,1H3,(H2,24,25,26). The van der Waals surface area contributed by atoms with Crippen LogP contribution in [0, 0.1) is 0 Å². The number of rotatable bonds is 7. The first-order valence-electron chi connectivity index (χ1n) is 8.14. The Morgan fingerprint density at radius 1 is 1.18 bits per heavy atom. The van der Waals surface area contributed by atoms with E-state index in [1.165, 1.54) is 6.20 Å². The zero-order valence-electron chi connectivity index (χ0n) is 14.8. The fourth-order valence-electron chi connectivity index (χ4n) is 2.26. The smallest absolute Gasteiger partial charge is 0.285 e. The van der Waals surface area contributed by atoms with Gasteiger partial charge < -0.3 is 9.47 Å². The Balaban J connectivity index is 1.67. The number of aromatic nitrogens is 2. The number of nitrogens with one attached hydrogen (secondary N) is 2. The van der Waals surface area contributed by atoms with Gasteiger partial charge in [0.1, 0.15) is 17.3 Å². The van der Waals surface area contributed by atoms with Crippen molar-refractivity contribution in [3.05, 3.63) is 80.2 Å². The first kappa shape index (κ1) is 19.7. The third kappa shape index (κ3) is 5.03. The lowest BCUT2D eigenvalue weighted by Gasteiger charge is -2.11. The molecule has 0 atom stereocenters. The molecule has 0 spiro atoms. The minimum atomic E-state index is -0.495. The number of hydrogen-bond donors (Lipinski definition) is 2. The summed E-state index contributed by atoms with van der Waals surface area (Å²) >= 11 is 11.8. The third-order valence-electron chi connectivity index (χ3n) is 3.69. The van der Waals surface area contributed by atoms with E-state index in [-0.39, 0.29) is 5.02 Å². The molecule has 3 rings (SSSR count). The summed E-state index contributed by atoms with van der Waals surface area (Å²) in [4.78, 5) is 11.4. The Bertz CT molecular complexity index is 1040. The van der Waals surface area contributed by atoms with Crippen molar-refractivity contribution in [2.75, 3.05) is 12.5 Å². The van der Waals surface area contributed by atoms with E-state index in [9.17, 15) is 4.79 Å². The van der Waals surface area contributed by atoms with Gasteiger partial charge in [0.05, 0.1) is 19.5 Å². The van der Waals surface area contributed by atoms with Gasteiger partial charge in [-0.1, -0.05) is 35.3 Å². The van der Waals surface area contributed by atoms with E-state index >= 15 is 0 Å². The van der Waals surface area contributed by atoms with Crippen molar-refractivity contribution in [3.8, 4) is 11.5 Å². The number of methoxy groups -OCH3 is 1. The third-order valence-corrected chi connectivity index (χ3v) is 4.32. The van der Waals surface area contributed by atoms with Gasteiger partial charge in [0.15, 0.2) is 11.5 Å². The highest BCUT2D eigenvalue weighted by molar-refractivity contribution is 6.32. The van der Waals surface area contributed by atoms with E-state index < -0.39 is 5.56 Å². The van der Waals surface area contributed by atoms with Crippen LogP contribution in [0.25, 0.3) is 0 Å². The van der Waals surface area contributed by atoms with Crippen LogP contribution in [-0.4, -0.2) is 23.5 Å². The number of benzene rings is 2. The molecule has 7 nitrogen and oxygen atoms in total. The average molecular weight is 419 g/mol. The fraction of sp³-hybridized carbons (Fsp3) is 0.105. The second-order valence-electron chi connectivity index (χ2n) is 5.62. The topological polar surface area (TPSA) is 88.6 Å². The molecule has 0 amide bonds. The van der Waals surface area contributed by atoms with Crippen molar-refractivity contribution in [2.24, 2.45) is 5.10 Å². The minimum absolute atomic E-state index is 0.0179. The first-order valence-corrected chi connectivity index (χ1v) is 8.90. The number of halogens is 2. The fourth-order valence-corrected chi connectivity index (χ4v) is 2.52. The summed E-state index contributed by atoms with van der Waals surface area (Å²) in [6.45, 7) is 0.385. The molecule has 2 N–H and O–H groups in total. The lowest BCUT2D eigenvalue weighted by Crippen LogP contribution is -2.10. The highest BCUT2D eigenvalue weighted by Crippen LogP contribution is 2.28. The average Bonchev–Trinajstić information content (AvgIpc) is 2.71. The minimum Gasteiger partial charge on any atom is -0.493 e. The van der Waals surface area contributed by atoms with Crippen molar-refractivity contribution in [1.82, 2.24) is 10.2 Å². The molecule has 144 valence electrons. The van der Waals surface area contributed by atoms with Gasteiger partial charge in [-0.3, -0.25) is 10.2 Å². The van der Waals surface area contributed by atoms with Gasteiger partial charge in [0.25, 0.3) is 5.56 Å². The Morgan fingerprint density at radius 2 is 1.96 bits per heavy atom. The van der Waals surface area contributed by atoms with Gasteiger partial charge in [-0.25, -0.2) is 5.10 Å². The van der Waals surface area contributed by atoms with Crippen molar-refractivity contribution < 1.29 is 9.47 Å². The quantitative estimate of drug-likeness (QED) is 0.445. The van der Waals surface area contributed by atoms with E-state index in [2.05, 4.69) is 20.7 Å². The SMILES string of the molecule is COc1cc(C=NNc2cn[nH]c(=O)c2Cl)ccc1OCc1ccc(Cl)cc1. The molecule has 0 fully saturated rings. The van der Waals surface area contributed by atoms with E-state index in [0.717, 1.165) is 11.1 Å². The molecule has 9 heteroatoms. The summed E-state index contributed by atoms with van der Waals surface area (Å²) in [5, 5.41) is 10.6. The molecule has 1 aromatic heterocycles. The molecule has 0 saturated heterocycles. The molecule has 3 aromatic rings. The normalized spacial score (nSPS) is 10.8. The van der Waals surface area contributed by atoms with Gasteiger partial charge in [-0.05, 0) is 41.5 Å². The molecule has 0 aliphatic heterocycles. The molecular weight excluding hydrogens is 403 g/mol. The molecule has 0 aliphatic carbocycles. The van der Waals surface area contributed by atoms with Crippen molar-refractivity contribution in [2.45, 2.75) is 6.61 Å². The summed E-state index contributed by atoms with van der Waals surface area (Å²) in [5.41, 5.74) is 4.24. The van der Waals surface area contributed by atoms with Crippen LogP contribution in [-0.2, 0) is 6.61 Å². The number of nitrogens with zero attached hydrogens (tertiary/aromatic N) is 2. The van der Waals surface area contributed by atoms with Gasteiger partial charge in [0, 0.05) is 5.02 Å². The number of H-pyrrole nitrogens is 1. The summed E-state index contributed by atoms with van der Waals surface area (Å²) in [6, 6.07) is 12.8.